The van der Waals surface area contributed by atoms with Crippen LogP contribution in [0.1, 0.15) is 65.3 Å². The van der Waals surface area contributed by atoms with Gasteiger partial charge in [0.2, 0.25) is 11.8 Å². The lowest BCUT2D eigenvalue weighted by Crippen LogP contribution is -2.65. The van der Waals surface area contributed by atoms with E-state index in [-0.39, 0.29) is 53.8 Å². The molecule has 2 fully saturated rings. The Morgan fingerprint density at radius 1 is 1.09 bits per heavy atom. The number of nitrogens with one attached hydrogen (secondary N) is 1. The predicted octanol–water partition coefficient (Wildman–Crippen LogP) is 3.57. The molecule has 3 amide bonds. The van der Waals surface area contributed by atoms with Crippen LogP contribution in [0.2, 0.25) is 0 Å². The van der Waals surface area contributed by atoms with Gasteiger partial charge in [0.1, 0.15) is 11.4 Å². The molecule has 0 bridgehead atoms. The van der Waals surface area contributed by atoms with Crippen LogP contribution in [0.3, 0.4) is 0 Å². The summed E-state index contributed by atoms with van der Waals surface area (Å²) in [6.45, 7) is 17.0. The quantitative estimate of drug-likeness (QED) is 0.526. The van der Waals surface area contributed by atoms with E-state index < -0.39 is 5.60 Å². The maximum atomic E-state index is 14.2. The van der Waals surface area contributed by atoms with E-state index in [9.17, 15) is 18.8 Å². The van der Waals surface area contributed by atoms with Gasteiger partial charge in [-0.25, -0.2) is 9.18 Å². The van der Waals surface area contributed by atoms with E-state index in [1.54, 1.807) is 17.0 Å². The fourth-order valence-corrected chi connectivity index (χ4v) is 6.59. The summed E-state index contributed by atoms with van der Waals surface area (Å²) >= 11 is 0. The molecule has 1 aromatic heterocycles. The van der Waals surface area contributed by atoms with Crippen LogP contribution in [0.15, 0.2) is 36.5 Å². The molecule has 0 radical (unpaired) electrons. The van der Waals surface area contributed by atoms with Crippen molar-refractivity contribution in [1.82, 2.24) is 25.0 Å². The Morgan fingerprint density at radius 3 is 2.49 bits per heavy atom. The molecule has 5 rings (SSSR count). The molecule has 1 aromatic carbocycles. The molecule has 45 heavy (non-hydrogen) atoms. The van der Waals surface area contributed by atoms with Gasteiger partial charge in [-0.15, -0.1) is 0 Å². The van der Waals surface area contributed by atoms with Gasteiger partial charge in [-0.3, -0.25) is 24.4 Å². The third kappa shape index (κ3) is 7.47. The van der Waals surface area contributed by atoms with Crippen LogP contribution in [0, 0.1) is 5.82 Å². The highest BCUT2D eigenvalue weighted by atomic mass is 19.1. The first-order valence-corrected chi connectivity index (χ1v) is 15.9. The Hall–Kier alpha value is -3.57. The highest BCUT2D eigenvalue weighted by molar-refractivity contribution is 5.97. The summed E-state index contributed by atoms with van der Waals surface area (Å²) in [7, 11) is 0. The van der Waals surface area contributed by atoms with E-state index in [4.69, 9.17) is 9.72 Å². The molecule has 10 nitrogen and oxygen atoms in total. The second-order valence-corrected chi connectivity index (χ2v) is 14.4. The van der Waals surface area contributed by atoms with Crippen LogP contribution in [0.4, 0.5) is 14.9 Å². The normalized spacial score (nSPS) is 23.9. The molecule has 2 aromatic rings. The number of benzene rings is 1. The number of ether oxygens (including phenoxy) is 1. The number of hydrogen-bond donors (Lipinski definition) is 1. The number of carbonyl (C=O) groups is 3. The minimum atomic E-state index is -0.627. The van der Waals surface area contributed by atoms with Crippen LogP contribution >= 0.6 is 0 Å². The van der Waals surface area contributed by atoms with Crippen LogP contribution in [0.25, 0.3) is 0 Å². The molecule has 2 saturated heterocycles. The average Bonchev–Trinajstić information content (AvgIpc) is 3.22. The molecule has 3 aliphatic heterocycles. The van der Waals surface area contributed by atoms with Crippen molar-refractivity contribution in [2.45, 2.75) is 84.0 Å². The van der Waals surface area contributed by atoms with Crippen LogP contribution < -0.4 is 10.2 Å². The number of aromatic nitrogens is 1. The fourth-order valence-electron chi connectivity index (χ4n) is 6.59. The SMILES string of the molecule is CC1C(=O)NCCN1C[C@H]1CN(C(=O)OC(C)(C)C)[C@H](C)CN1CC(=O)N1CC(C)(C)c2ncc(Cc3ccc(F)cc3)cc21. The highest BCUT2D eigenvalue weighted by Gasteiger charge is 2.43. The molecular weight excluding hydrogens is 575 g/mol. The van der Waals surface area contributed by atoms with Gasteiger partial charge in [0.15, 0.2) is 0 Å². The number of carbonyl (C=O) groups excluding carboxylic acids is 3. The molecule has 0 aliphatic carbocycles. The zero-order valence-corrected chi connectivity index (χ0v) is 27.6. The lowest BCUT2D eigenvalue weighted by molar-refractivity contribution is -0.129. The number of rotatable bonds is 6. The van der Waals surface area contributed by atoms with E-state index in [0.29, 0.717) is 45.7 Å². The third-order valence-electron chi connectivity index (χ3n) is 9.02. The van der Waals surface area contributed by atoms with Crippen LogP contribution in [-0.2, 0) is 26.2 Å². The number of hydrogen-bond acceptors (Lipinski definition) is 7. The number of pyridine rings is 1. The van der Waals surface area contributed by atoms with E-state index in [0.717, 1.165) is 22.5 Å². The van der Waals surface area contributed by atoms with Gasteiger partial charge in [-0.2, -0.15) is 0 Å². The number of amides is 3. The Balaban J connectivity index is 1.37. The highest BCUT2D eigenvalue weighted by Crippen LogP contribution is 2.40. The zero-order chi connectivity index (χ0) is 32.7. The van der Waals surface area contributed by atoms with Crippen LogP contribution in [-0.4, -0.2) is 107 Å². The Bertz CT molecular complexity index is 1420. The second-order valence-electron chi connectivity index (χ2n) is 14.4. The Kier molecular flexibility index (Phi) is 9.24. The molecule has 4 heterocycles. The van der Waals surface area contributed by atoms with Crippen molar-refractivity contribution in [3.8, 4) is 0 Å². The maximum absolute atomic E-state index is 14.2. The first-order valence-electron chi connectivity index (χ1n) is 15.9. The lowest BCUT2D eigenvalue weighted by atomic mass is 9.91. The van der Waals surface area contributed by atoms with E-state index in [1.807, 2.05) is 51.8 Å². The molecule has 0 saturated carbocycles. The summed E-state index contributed by atoms with van der Waals surface area (Å²) < 4.78 is 19.2. The molecule has 3 atom stereocenters. The Labute approximate surface area is 265 Å². The largest absolute Gasteiger partial charge is 0.444 e. The topological polar surface area (TPSA) is 98.3 Å². The van der Waals surface area contributed by atoms with Gasteiger partial charge >= 0.3 is 6.09 Å². The number of fused-ring (bicyclic) bond motifs is 1. The predicted molar refractivity (Wildman–Crippen MR) is 171 cm³/mol. The molecule has 0 spiro atoms. The summed E-state index contributed by atoms with van der Waals surface area (Å²) in [4.78, 5) is 52.5. The van der Waals surface area contributed by atoms with Gasteiger partial charge in [0.25, 0.3) is 0 Å². The average molecular weight is 623 g/mol. The smallest absolute Gasteiger partial charge is 0.410 e. The molecular formula is C34H47FN6O4. The van der Waals surface area contributed by atoms with E-state index >= 15 is 0 Å². The zero-order valence-electron chi connectivity index (χ0n) is 27.6. The molecule has 3 aliphatic rings. The number of nitrogens with zero attached hydrogens (tertiary/aromatic N) is 5. The standard InChI is InChI=1S/C34H47FN6O4/c1-22-17-39(27(18-38-13-12-36-31(43)23(38)2)19-40(22)32(44)45-33(3,4)5)20-29(42)41-21-34(6,7)30-28(41)15-25(16-37-30)14-24-8-10-26(35)11-9-24/h8-11,15-16,22-23,27H,12-14,17-21H2,1-7H3,(H,36,43)/t22-,23?,27+/m1/s1. The monoisotopic (exact) mass is 622 g/mol. The van der Waals surface area contributed by atoms with Crippen molar-refractivity contribution < 1.29 is 23.5 Å². The van der Waals surface area contributed by atoms with Gasteiger partial charge in [0, 0.05) is 63.0 Å². The first-order chi connectivity index (χ1) is 21.1. The van der Waals surface area contributed by atoms with Gasteiger partial charge in [0.05, 0.1) is 24.0 Å². The second kappa shape index (κ2) is 12.7. The van der Waals surface area contributed by atoms with Crippen molar-refractivity contribution in [3.05, 3.63) is 59.2 Å². The summed E-state index contributed by atoms with van der Waals surface area (Å²) in [6, 6.07) is 7.82. The molecule has 244 valence electrons. The van der Waals surface area contributed by atoms with Crippen molar-refractivity contribution >= 4 is 23.6 Å². The Morgan fingerprint density at radius 2 is 1.80 bits per heavy atom. The summed E-state index contributed by atoms with van der Waals surface area (Å²) in [6.07, 6.45) is 2.06. The van der Waals surface area contributed by atoms with E-state index in [2.05, 4.69) is 29.0 Å². The summed E-state index contributed by atoms with van der Waals surface area (Å²) in [5.41, 5.74) is 2.66. The molecule has 11 heteroatoms. The lowest BCUT2D eigenvalue weighted by Gasteiger charge is -2.47. The van der Waals surface area contributed by atoms with Crippen molar-refractivity contribution in [1.29, 1.82) is 0 Å². The van der Waals surface area contributed by atoms with E-state index in [1.165, 1.54) is 12.1 Å². The van der Waals surface area contributed by atoms with Crippen molar-refractivity contribution in [3.63, 3.8) is 0 Å². The minimum Gasteiger partial charge on any atom is -0.444 e. The molecule has 1 unspecified atom stereocenters. The maximum Gasteiger partial charge on any atom is 0.410 e. The first kappa shape index (κ1) is 32.8. The summed E-state index contributed by atoms with van der Waals surface area (Å²) in [5.74, 6) is -0.325. The number of piperazine rings is 2. The molecule has 1 N–H and O–H groups in total. The van der Waals surface area contributed by atoms with Crippen molar-refractivity contribution in [2.75, 3.05) is 50.7 Å². The fraction of sp³-hybridized carbons (Fsp3) is 0.588. The summed E-state index contributed by atoms with van der Waals surface area (Å²) in [5, 5.41) is 2.92. The third-order valence-corrected chi connectivity index (χ3v) is 9.02. The number of halogens is 1. The minimum absolute atomic E-state index is 0.0168. The van der Waals surface area contributed by atoms with Crippen LogP contribution in [0.5, 0.6) is 0 Å². The van der Waals surface area contributed by atoms with Crippen molar-refractivity contribution in [2.24, 2.45) is 0 Å². The van der Waals surface area contributed by atoms with Gasteiger partial charge in [-0.1, -0.05) is 26.0 Å². The van der Waals surface area contributed by atoms with Gasteiger partial charge in [-0.05, 0) is 70.4 Å². The number of anilines is 1. The van der Waals surface area contributed by atoms with Gasteiger partial charge < -0.3 is 19.9 Å².